The maximum atomic E-state index is 12.4. The van der Waals surface area contributed by atoms with Crippen molar-refractivity contribution >= 4 is 16.0 Å². The molecule has 3 saturated heterocycles. The lowest BCUT2D eigenvalue weighted by Gasteiger charge is -2.44. The lowest BCUT2D eigenvalue weighted by atomic mass is 9.84. The first-order valence-corrected chi connectivity index (χ1v) is 12.7. The molecule has 3 aliphatic rings. The molecule has 0 unspecified atom stereocenters. The number of fused-ring (bicyclic) bond motifs is 3. The van der Waals surface area contributed by atoms with Gasteiger partial charge in [-0.2, -0.15) is 13.7 Å². The Morgan fingerprint density at radius 2 is 1.91 bits per heavy atom. The zero-order chi connectivity index (χ0) is 25.0. The molecule has 0 saturated carbocycles. The molecule has 1 aromatic heterocycles. The molecule has 1 atom stereocenters. The van der Waals surface area contributed by atoms with E-state index in [0.717, 1.165) is 43.6 Å². The lowest BCUT2D eigenvalue weighted by molar-refractivity contribution is 0.0602. The molecule has 1 amide bonds. The van der Waals surface area contributed by atoms with E-state index in [1.54, 1.807) is 30.3 Å². The predicted octanol–water partition coefficient (Wildman–Crippen LogP) is 3.28. The van der Waals surface area contributed by atoms with E-state index in [-0.39, 0.29) is 22.7 Å². The number of nitriles is 1. The van der Waals surface area contributed by atoms with Crippen molar-refractivity contribution in [2.24, 2.45) is 5.92 Å². The second-order valence-corrected chi connectivity index (χ2v) is 10.1. The van der Waals surface area contributed by atoms with Gasteiger partial charge in [-0.25, -0.2) is 4.98 Å². The first kappa shape index (κ1) is 24.6. The number of carbonyl (C=O) groups excluding carboxylic acids is 1. The summed E-state index contributed by atoms with van der Waals surface area (Å²) < 4.78 is 35.2. The van der Waals surface area contributed by atoms with Crippen LogP contribution in [0.4, 0.5) is 0 Å². The Hall–Kier alpha value is -3.52. The van der Waals surface area contributed by atoms with Crippen LogP contribution in [0.2, 0.25) is 0 Å². The summed E-state index contributed by atoms with van der Waals surface area (Å²) in [6.45, 7) is 5.02. The first-order chi connectivity index (χ1) is 16.7. The van der Waals surface area contributed by atoms with E-state index in [1.807, 2.05) is 13.0 Å². The Labute approximate surface area is 204 Å². The Kier molecular flexibility index (Phi) is 7.31. The molecule has 0 spiro atoms. The van der Waals surface area contributed by atoms with Gasteiger partial charge in [-0.05, 0) is 63.0 Å². The highest BCUT2D eigenvalue weighted by Gasteiger charge is 2.35. The molecule has 4 heterocycles. The average Bonchev–Trinajstić information content (AvgIpc) is 3.36. The molecular weight excluding hydrogens is 468 g/mol. The van der Waals surface area contributed by atoms with Crippen molar-refractivity contribution in [3.8, 4) is 17.4 Å². The highest BCUT2D eigenvalue weighted by atomic mass is 32.2. The van der Waals surface area contributed by atoms with Crippen LogP contribution < -0.4 is 5.32 Å². The van der Waals surface area contributed by atoms with Crippen LogP contribution in [-0.4, -0.2) is 54.4 Å². The minimum absolute atomic E-state index is 0.0666. The van der Waals surface area contributed by atoms with Crippen LogP contribution in [0.1, 0.15) is 34.7 Å². The van der Waals surface area contributed by atoms with Crippen molar-refractivity contribution < 1.29 is 22.2 Å². The summed E-state index contributed by atoms with van der Waals surface area (Å²) in [6.07, 6.45) is 3.81. The highest BCUT2D eigenvalue weighted by Crippen LogP contribution is 2.28. The third kappa shape index (κ3) is 6.14. The quantitative estimate of drug-likeness (QED) is 0.527. The number of aryl methyl sites for hydroxylation is 1. The minimum atomic E-state index is -4.02. The molecule has 2 aromatic carbocycles. The van der Waals surface area contributed by atoms with E-state index < -0.39 is 10.1 Å². The van der Waals surface area contributed by atoms with Crippen LogP contribution in [0.5, 0.6) is 0 Å². The minimum Gasteiger partial charge on any atom is -0.432 e. The Bertz CT molecular complexity index is 1340. The van der Waals surface area contributed by atoms with Crippen LogP contribution in [-0.2, 0) is 10.1 Å². The fourth-order valence-corrected chi connectivity index (χ4v) is 4.80. The average molecular weight is 495 g/mol. The van der Waals surface area contributed by atoms with Crippen molar-refractivity contribution in [3.63, 3.8) is 0 Å². The molecule has 35 heavy (non-hydrogen) atoms. The summed E-state index contributed by atoms with van der Waals surface area (Å²) in [5.74, 6) is 0.854. The maximum absolute atomic E-state index is 12.4. The number of oxazole rings is 1. The predicted molar refractivity (Wildman–Crippen MR) is 128 cm³/mol. The van der Waals surface area contributed by atoms with Gasteiger partial charge in [0, 0.05) is 18.2 Å². The Morgan fingerprint density at radius 1 is 1.20 bits per heavy atom. The summed E-state index contributed by atoms with van der Waals surface area (Å²) in [7, 11) is -4.02. The van der Waals surface area contributed by atoms with Crippen LogP contribution in [0.15, 0.2) is 64.0 Å². The molecule has 10 heteroatoms. The van der Waals surface area contributed by atoms with Gasteiger partial charge >= 0.3 is 5.91 Å². The molecule has 0 radical (unpaired) electrons. The zero-order valence-electron chi connectivity index (χ0n) is 19.2. The molecule has 3 aromatic rings. The third-order valence-electron chi connectivity index (χ3n) is 6.27. The number of piperidine rings is 3. The van der Waals surface area contributed by atoms with Gasteiger partial charge in [-0.15, -0.1) is 0 Å². The topological polar surface area (TPSA) is 137 Å². The number of nitrogens with one attached hydrogen (secondary N) is 1. The third-order valence-corrected chi connectivity index (χ3v) is 7.14. The summed E-state index contributed by atoms with van der Waals surface area (Å²) in [6, 6.07) is 15.3. The van der Waals surface area contributed by atoms with Crippen molar-refractivity contribution in [1.29, 1.82) is 5.26 Å². The number of hydrogen-bond donors (Lipinski definition) is 2. The van der Waals surface area contributed by atoms with E-state index in [1.165, 1.54) is 18.3 Å². The summed E-state index contributed by atoms with van der Waals surface area (Å²) in [5.41, 5.74) is 2.24. The van der Waals surface area contributed by atoms with Gasteiger partial charge in [0.05, 0.1) is 22.7 Å². The molecule has 0 aliphatic carbocycles. The van der Waals surface area contributed by atoms with Gasteiger partial charge in [-0.1, -0.05) is 29.8 Å². The van der Waals surface area contributed by atoms with Crippen LogP contribution in [0, 0.1) is 24.2 Å². The fourth-order valence-electron chi connectivity index (χ4n) is 4.32. The van der Waals surface area contributed by atoms with Gasteiger partial charge in [0.25, 0.3) is 16.0 Å². The number of nitrogens with zero attached hydrogens (tertiary/aromatic N) is 3. The van der Waals surface area contributed by atoms with E-state index in [4.69, 9.17) is 14.2 Å². The molecular formula is C25H26N4O5S. The molecule has 6 rings (SSSR count). The molecule has 9 nitrogen and oxygen atoms in total. The molecule has 3 fully saturated rings. The normalized spacial score (nSPS) is 20.9. The molecule has 2 N–H and O–H groups in total. The second kappa shape index (κ2) is 10.4. The van der Waals surface area contributed by atoms with Gasteiger partial charge in [0.2, 0.25) is 0 Å². The lowest BCUT2D eigenvalue weighted by Crippen LogP contribution is -2.57. The number of amides is 1. The molecule has 182 valence electrons. The van der Waals surface area contributed by atoms with Crippen molar-refractivity contribution in [1.82, 2.24) is 15.2 Å². The van der Waals surface area contributed by atoms with Crippen LogP contribution in [0.25, 0.3) is 11.3 Å². The molecule has 3 aliphatic heterocycles. The van der Waals surface area contributed by atoms with Gasteiger partial charge in [-0.3, -0.25) is 9.35 Å². The summed E-state index contributed by atoms with van der Waals surface area (Å²) >= 11 is 0. The fraction of sp³-hybridized carbons (Fsp3) is 0.320. The van der Waals surface area contributed by atoms with Crippen molar-refractivity contribution in [2.45, 2.75) is 30.7 Å². The standard InChI is InChI=1S/C18H18N4O2.C7H8O3S/c19-9-12-2-1-3-14(8-12)16-10-20-18(24-16)17(23)21-15-11-22-6-4-13(15)5-7-22;1-6-2-4-7(5-3-6)11(8,9)10/h1-3,8,10,13,15H,4-7,11H2,(H,21,23);2-5H,1H3,(H,8,9,10)/t15-;/m0./s1. The smallest absolute Gasteiger partial charge is 0.307 e. The highest BCUT2D eigenvalue weighted by molar-refractivity contribution is 7.85. The second-order valence-electron chi connectivity index (χ2n) is 8.73. The molecule has 2 bridgehead atoms. The number of aromatic nitrogens is 1. The van der Waals surface area contributed by atoms with Gasteiger partial charge < -0.3 is 14.6 Å². The van der Waals surface area contributed by atoms with Gasteiger partial charge in [0.15, 0.2) is 5.76 Å². The first-order valence-electron chi connectivity index (χ1n) is 11.3. The number of carbonyl (C=O) groups is 1. The van der Waals surface area contributed by atoms with E-state index in [9.17, 15) is 13.2 Å². The van der Waals surface area contributed by atoms with Crippen LogP contribution in [0.3, 0.4) is 0 Å². The summed E-state index contributed by atoms with van der Waals surface area (Å²) in [5, 5.41) is 12.0. The van der Waals surface area contributed by atoms with Crippen molar-refractivity contribution in [3.05, 3.63) is 71.7 Å². The summed E-state index contributed by atoms with van der Waals surface area (Å²) in [4.78, 5) is 18.8. The number of benzene rings is 2. The van der Waals surface area contributed by atoms with Crippen LogP contribution >= 0.6 is 0 Å². The maximum Gasteiger partial charge on any atom is 0.307 e. The number of hydrogen-bond acceptors (Lipinski definition) is 7. The Balaban J connectivity index is 0.000000221. The SMILES string of the molecule is Cc1ccc(S(=O)(=O)O)cc1.N#Cc1cccc(-c2cnc(C(=O)N[C@H]3CN4CCC3CC4)o2)c1. The van der Waals surface area contributed by atoms with E-state index in [0.29, 0.717) is 17.2 Å². The van der Waals surface area contributed by atoms with Crippen molar-refractivity contribution in [2.75, 3.05) is 19.6 Å². The van der Waals surface area contributed by atoms with E-state index in [2.05, 4.69) is 21.3 Å². The Morgan fingerprint density at radius 3 is 2.51 bits per heavy atom. The zero-order valence-corrected chi connectivity index (χ0v) is 20.0. The van der Waals surface area contributed by atoms with E-state index >= 15 is 0 Å². The largest absolute Gasteiger partial charge is 0.432 e. The van der Waals surface area contributed by atoms with Gasteiger partial charge in [0.1, 0.15) is 0 Å². The number of rotatable bonds is 4. The monoisotopic (exact) mass is 494 g/mol.